The van der Waals surface area contributed by atoms with Crippen molar-refractivity contribution >= 4 is 35.1 Å². The summed E-state index contributed by atoms with van der Waals surface area (Å²) >= 11 is 12.2. The fourth-order valence-electron chi connectivity index (χ4n) is 2.59. The van der Waals surface area contributed by atoms with Gasteiger partial charge >= 0.3 is 0 Å². The van der Waals surface area contributed by atoms with E-state index in [9.17, 15) is 5.11 Å². The van der Waals surface area contributed by atoms with Crippen molar-refractivity contribution in [3.8, 4) is 11.4 Å². The minimum atomic E-state index is 0.00415. The SMILES string of the molecule is Nc1nc(-c2cc(Cl)ccc2Cl)nc(N2CCCC2CO)n1. The van der Waals surface area contributed by atoms with E-state index in [1.54, 1.807) is 18.2 Å². The monoisotopic (exact) mass is 339 g/mol. The van der Waals surface area contributed by atoms with Crippen molar-refractivity contribution in [1.29, 1.82) is 0 Å². The number of benzene rings is 1. The van der Waals surface area contributed by atoms with E-state index in [1.165, 1.54) is 0 Å². The smallest absolute Gasteiger partial charge is 0.231 e. The summed E-state index contributed by atoms with van der Waals surface area (Å²) in [6, 6.07) is 5.08. The molecule has 1 aromatic heterocycles. The Labute approximate surface area is 137 Å². The quantitative estimate of drug-likeness (QED) is 0.892. The summed E-state index contributed by atoms with van der Waals surface area (Å²) in [4.78, 5) is 14.7. The lowest BCUT2D eigenvalue weighted by Crippen LogP contribution is -2.33. The second-order valence-electron chi connectivity index (χ2n) is 5.11. The van der Waals surface area contributed by atoms with Crippen LogP contribution in [0, 0.1) is 0 Å². The molecule has 0 amide bonds. The second-order valence-corrected chi connectivity index (χ2v) is 5.96. The van der Waals surface area contributed by atoms with Crippen molar-refractivity contribution in [2.75, 3.05) is 23.8 Å². The number of hydrogen-bond acceptors (Lipinski definition) is 6. The first-order chi connectivity index (χ1) is 10.6. The molecule has 3 N–H and O–H groups in total. The van der Waals surface area contributed by atoms with Crippen LogP contribution in [0.4, 0.5) is 11.9 Å². The van der Waals surface area contributed by atoms with Crippen LogP contribution in [0.15, 0.2) is 18.2 Å². The predicted octanol–water partition coefficient (Wildman–Crippen LogP) is 2.39. The highest BCUT2D eigenvalue weighted by Crippen LogP contribution is 2.30. The molecular weight excluding hydrogens is 325 g/mol. The molecule has 1 saturated heterocycles. The maximum Gasteiger partial charge on any atom is 0.231 e. The van der Waals surface area contributed by atoms with Crippen molar-refractivity contribution in [3.05, 3.63) is 28.2 Å². The van der Waals surface area contributed by atoms with Crippen LogP contribution in [0.1, 0.15) is 12.8 Å². The summed E-state index contributed by atoms with van der Waals surface area (Å²) in [7, 11) is 0. The van der Waals surface area contributed by atoms with Crippen LogP contribution in [0.2, 0.25) is 10.0 Å². The van der Waals surface area contributed by atoms with Gasteiger partial charge in [0.25, 0.3) is 0 Å². The number of rotatable bonds is 3. The van der Waals surface area contributed by atoms with Gasteiger partial charge in [0.05, 0.1) is 17.7 Å². The Hall–Kier alpha value is -1.63. The first-order valence-electron chi connectivity index (χ1n) is 6.93. The molecule has 2 aromatic rings. The summed E-state index contributed by atoms with van der Waals surface area (Å²) in [6.07, 6.45) is 1.87. The van der Waals surface area contributed by atoms with Crippen molar-refractivity contribution in [2.45, 2.75) is 18.9 Å². The van der Waals surface area contributed by atoms with E-state index in [2.05, 4.69) is 15.0 Å². The number of aliphatic hydroxyl groups excluding tert-OH is 1. The highest BCUT2D eigenvalue weighted by Gasteiger charge is 2.27. The zero-order chi connectivity index (χ0) is 15.7. The summed E-state index contributed by atoms with van der Waals surface area (Å²) in [5.41, 5.74) is 6.41. The fourth-order valence-corrected chi connectivity index (χ4v) is 2.96. The third kappa shape index (κ3) is 2.95. The van der Waals surface area contributed by atoms with Crippen LogP contribution in [0.25, 0.3) is 11.4 Å². The highest BCUT2D eigenvalue weighted by molar-refractivity contribution is 6.35. The number of nitrogens with two attached hydrogens (primary N) is 1. The molecule has 0 bridgehead atoms. The van der Waals surface area contributed by atoms with Gasteiger partial charge in [-0.25, -0.2) is 0 Å². The molecule has 0 saturated carbocycles. The Kier molecular flexibility index (Phi) is 4.33. The van der Waals surface area contributed by atoms with E-state index < -0.39 is 0 Å². The normalized spacial score (nSPS) is 18.0. The van der Waals surface area contributed by atoms with E-state index >= 15 is 0 Å². The molecule has 1 aliphatic rings. The van der Waals surface area contributed by atoms with E-state index in [0.717, 1.165) is 19.4 Å². The van der Waals surface area contributed by atoms with Crippen LogP contribution in [0.3, 0.4) is 0 Å². The maximum atomic E-state index is 9.45. The average molecular weight is 340 g/mol. The number of aromatic nitrogens is 3. The molecule has 1 unspecified atom stereocenters. The molecule has 22 heavy (non-hydrogen) atoms. The molecule has 3 rings (SSSR count). The van der Waals surface area contributed by atoms with Gasteiger partial charge in [-0.2, -0.15) is 15.0 Å². The van der Waals surface area contributed by atoms with Crippen LogP contribution in [-0.2, 0) is 0 Å². The van der Waals surface area contributed by atoms with Crippen molar-refractivity contribution in [1.82, 2.24) is 15.0 Å². The van der Waals surface area contributed by atoms with Crippen molar-refractivity contribution < 1.29 is 5.11 Å². The van der Waals surface area contributed by atoms with E-state index in [-0.39, 0.29) is 18.6 Å². The van der Waals surface area contributed by atoms with Gasteiger partial charge in [-0.05, 0) is 31.0 Å². The first-order valence-corrected chi connectivity index (χ1v) is 7.68. The lowest BCUT2D eigenvalue weighted by molar-refractivity contribution is 0.265. The van der Waals surface area contributed by atoms with Crippen LogP contribution >= 0.6 is 23.2 Å². The zero-order valence-corrected chi connectivity index (χ0v) is 13.2. The summed E-state index contributed by atoms with van der Waals surface area (Å²) in [5.74, 6) is 0.938. The Bertz CT molecular complexity index is 697. The Morgan fingerprint density at radius 2 is 2.09 bits per heavy atom. The van der Waals surface area contributed by atoms with Gasteiger partial charge in [0.2, 0.25) is 11.9 Å². The molecule has 116 valence electrons. The molecule has 1 fully saturated rings. The molecule has 1 aliphatic heterocycles. The standard InChI is InChI=1S/C14H15Cl2N5O/c15-8-3-4-11(16)10(6-8)12-18-13(17)20-14(19-12)21-5-1-2-9(21)7-22/h3-4,6,9,22H,1-2,5,7H2,(H2,17,18,19,20). The average Bonchev–Trinajstić information content (AvgIpc) is 2.97. The molecule has 0 aliphatic carbocycles. The lowest BCUT2D eigenvalue weighted by Gasteiger charge is -2.23. The zero-order valence-electron chi connectivity index (χ0n) is 11.7. The Balaban J connectivity index is 2.05. The number of hydrogen-bond donors (Lipinski definition) is 2. The van der Waals surface area contributed by atoms with Gasteiger partial charge in [0, 0.05) is 17.1 Å². The Morgan fingerprint density at radius 1 is 1.27 bits per heavy atom. The molecule has 8 heteroatoms. The summed E-state index contributed by atoms with van der Waals surface area (Å²) in [6.45, 7) is 0.830. The van der Waals surface area contributed by atoms with Gasteiger partial charge in [0.1, 0.15) is 0 Å². The first kappa shape index (κ1) is 15.3. The predicted molar refractivity (Wildman–Crippen MR) is 87.1 cm³/mol. The summed E-state index contributed by atoms with van der Waals surface area (Å²) in [5, 5.41) is 10.5. The maximum absolute atomic E-state index is 9.45. The number of anilines is 2. The topological polar surface area (TPSA) is 88.2 Å². The van der Waals surface area contributed by atoms with E-state index in [1.807, 2.05) is 4.90 Å². The largest absolute Gasteiger partial charge is 0.394 e. The van der Waals surface area contributed by atoms with Crippen LogP contribution in [-0.4, -0.2) is 39.3 Å². The molecule has 0 spiro atoms. The van der Waals surface area contributed by atoms with E-state index in [0.29, 0.717) is 27.4 Å². The molecule has 1 aromatic carbocycles. The second kappa shape index (κ2) is 6.24. The third-order valence-electron chi connectivity index (χ3n) is 3.65. The van der Waals surface area contributed by atoms with Gasteiger partial charge < -0.3 is 15.7 Å². The molecule has 0 radical (unpaired) electrons. The fraction of sp³-hybridized carbons (Fsp3) is 0.357. The molecule has 1 atom stereocenters. The van der Waals surface area contributed by atoms with Crippen LogP contribution < -0.4 is 10.6 Å². The van der Waals surface area contributed by atoms with E-state index in [4.69, 9.17) is 28.9 Å². The minimum Gasteiger partial charge on any atom is -0.394 e. The minimum absolute atomic E-state index is 0.00415. The van der Waals surface area contributed by atoms with Crippen LogP contribution in [0.5, 0.6) is 0 Å². The molecular formula is C14H15Cl2N5O. The van der Waals surface area contributed by atoms with Gasteiger partial charge in [-0.15, -0.1) is 0 Å². The van der Waals surface area contributed by atoms with Crippen molar-refractivity contribution in [3.63, 3.8) is 0 Å². The van der Waals surface area contributed by atoms with Gasteiger partial charge in [0.15, 0.2) is 5.82 Å². The third-order valence-corrected chi connectivity index (χ3v) is 4.22. The molecule has 2 heterocycles. The highest BCUT2D eigenvalue weighted by atomic mass is 35.5. The number of nitrogens with zero attached hydrogens (tertiary/aromatic N) is 4. The summed E-state index contributed by atoms with van der Waals surface area (Å²) < 4.78 is 0. The van der Waals surface area contributed by atoms with Crippen molar-refractivity contribution in [2.24, 2.45) is 0 Å². The van der Waals surface area contributed by atoms with Gasteiger partial charge in [-0.3, -0.25) is 0 Å². The molecule has 6 nitrogen and oxygen atoms in total. The lowest BCUT2D eigenvalue weighted by atomic mass is 10.2. The number of halogens is 2. The van der Waals surface area contributed by atoms with Gasteiger partial charge in [-0.1, -0.05) is 23.2 Å². The Morgan fingerprint density at radius 3 is 2.86 bits per heavy atom. The number of nitrogen functional groups attached to an aromatic ring is 1. The number of aliphatic hydroxyl groups is 1.